The summed E-state index contributed by atoms with van der Waals surface area (Å²) in [6.07, 6.45) is 6.40. The summed E-state index contributed by atoms with van der Waals surface area (Å²) in [5.41, 5.74) is 0. The van der Waals surface area contributed by atoms with Crippen molar-refractivity contribution in [3.63, 3.8) is 0 Å². The van der Waals surface area contributed by atoms with Crippen molar-refractivity contribution in [2.24, 2.45) is 10.9 Å². The Morgan fingerprint density at radius 2 is 1.96 bits per heavy atom. The minimum atomic E-state index is 0. The van der Waals surface area contributed by atoms with Gasteiger partial charge in [0.15, 0.2) is 5.96 Å². The number of nitrogens with one attached hydrogen (secondary N) is 2. The number of halogens is 1. The highest BCUT2D eigenvalue weighted by Gasteiger charge is 2.16. The molecule has 2 N–H and O–H groups in total. The normalized spacial score (nSPS) is 19.2. The third kappa shape index (κ3) is 11.5. The Morgan fingerprint density at radius 1 is 1.21 bits per heavy atom. The van der Waals surface area contributed by atoms with E-state index in [4.69, 9.17) is 4.74 Å². The second-order valence-corrected chi connectivity index (χ2v) is 6.95. The first-order valence-corrected chi connectivity index (χ1v) is 9.39. The van der Waals surface area contributed by atoms with Gasteiger partial charge in [0.05, 0.1) is 6.61 Å². The molecule has 144 valence electrons. The highest BCUT2D eigenvalue weighted by Crippen LogP contribution is 2.15. The zero-order valence-electron chi connectivity index (χ0n) is 16.1. The van der Waals surface area contributed by atoms with Crippen LogP contribution in [0.25, 0.3) is 0 Å². The molecule has 1 aliphatic heterocycles. The molecular weight excluding hydrogens is 415 g/mol. The molecule has 0 aromatic heterocycles. The van der Waals surface area contributed by atoms with Crippen LogP contribution in [-0.2, 0) is 4.74 Å². The first-order chi connectivity index (χ1) is 11.1. The molecule has 24 heavy (non-hydrogen) atoms. The Balaban J connectivity index is 0.00000529. The van der Waals surface area contributed by atoms with Crippen LogP contribution in [0.4, 0.5) is 0 Å². The third-order valence-corrected chi connectivity index (χ3v) is 4.46. The quantitative estimate of drug-likeness (QED) is 0.231. The van der Waals surface area contributed by atoms with Gasteiger partial charge in [0.25, 0.3) is 0 Å². The first-order valence-electron chi connectivity index (χ1n) is 9.39. The standard InChI is InChI=1S/C18H38N4O.HI/c1-16(2)9-14-23-15-11-21-18(19-4)20-10-7-13-22-12-6-5-8-17(22)3;/h16-17H,5-15H2,1-4H3,(H2,19,20,21);1H. The number of guanidine groups is 1. The van der Waals surface area contributed by atoms with Gasteiger partial charge in [-0.1, -0.05) is 20.3 Å². The number of aliphatic imine (C=N–C) groups is 1. The molecule has 0 aliphatic carbocycles. The SMILES string of the molecule is CN=C(NCCCN1CCCCC1C)NCCOCCC(C)C.I. The average molecular weight is 454 g/mol. The van der Waals surface area contributed by atoms with E-state index in [1.807, 2.05) is 7.05 Å². The minimum absolute atomic E-state index is 0. The molecule has 0 saturated carbocycles. The maximum absolute atomic E-state index is 5.60. The lowest BCUT2D eigenvalue weighted by atomic mass is 10.0. The summed E-state index contributed by atoms with van der Waals surface area (Å²) in [5, 5.41) is 6.69. The Morgan fingerprint density at radius 3 is 2.62 bits per heavy atom. The molecule has 1 saturated heterocycles. The molecule has 0 bridgehead atoms. The summed E-state index contributed by atoms with van der Waals surface area (Å²) in [6, 6.07) is 0.754. The van der Waals surface area contributed by atoms with E-state index < -0.39 is 0 Å². The van der Waals surface area contributed by atoms with Crippen molar-refractivity contribution in [3.8, 4) is 0 Å². The maximum atomic E-state index is 5.60. The van der Waals surface area contributed by atoms with Crippen molar-refractivity contribution in [2.75, 3.05) is 46.4 Å². The lowest BCUT2D eigenvalue weighted by Crippen LogP contribution is -2.42. The molecule has 6 heteroatoms. The van der Waals surface area contributed by atoms with Crippen molar-refractivity contribution < 1.29 is 4.74 Å². The molecule has 0 radical (unpaired) electrons. The van der Waals surface area contributed by atoms with Gasteiger partial charge in [-0.05, 0) is 45.1 Å². The van der Waals surface area contributed by atoms with E-state index in [1.165, 1.54) is 32.4 Å². The average Bonchev–Trinajstić information content (AvgIpc) is 2.53. The van der Waals surface area contributed by atoms with Gasteiger partial charge in [0.2, 0.25) is 0 Å². The fraction of sp³-hybridized carbons (Fsp3) is 0.944. The number of nitrogens with zero attached hydrogens (tertiary/aromatic N) is 2. The van der Waals surface area contributed by atoms with Gasteiger partial charge >= 0.3 is 0 Å². The monoisotopic (exact) mass is 454 g/mol. The van der Waals surface area contributed by atoms with Crippen LogP contribution in [0.5, 0.6) is 0 Å². The number of hydrogen-bond donors (Lipinski definition) is 2. The van der Waals surface area contributed by atoms with E-state index in [1.54, 1.807) is 0 Å². The van der Waals surface area contributed by atoms with Crippen molar-refractivity contribution >= 4 is 29.9 Å². The van der Waals surface area contributed by atoms with Gasteiger partial charge in [0.1, 0.15) is 0 Å². The van der Waals surface area contributed by atoms with Crippen molar-refractivity contribution in [1.82, 2.24) is 15.5 Å². The van der Waals surface area contributed by atoms with E-state index in [0.29, 0.717) is 5.92 Å². The molecule has 0 spiro atoms. The number of likely N-dealkylation sites (tertiary alicyclic amines) is 1. The predicted molar refractivity (Wildman–Crippen MR) is 115 cm³/mol. The lowest BCUT2D eigenvalue weighted by Gasteiger charge is -2.33. The Labute approximate surface area is 166 Å². The van der Waals surface area contributed by atoms with E-state index in [9.17, 15) is 0 Å². The summed E-state index contributed by atoms with van der Waals surface area (Å²) in [7, 11) is 1.82. The van der Waals surface area contributed by atoms with Gasteiger partial charge in [0, 0.05) is 39.3 Å². The number of piperidine rings is 1. The van der Waals surface area contributed by atoms with Crippen molar-refractivity contribution in [3.05, 3.63) is 0 Å². The number of ether oxygens (including phenoxy) is 1. The molecule has 0 aromatic rings. The number of rotatable bonds is 10. The maximum Gasteiger partial charge on any atom is 0.191 e. The summed E-state index contributed by atoms with van der Waals surface area (Å²) >= 11 is 0. The van der Waals surface area contributed by atoms with Gasteiger partial charge in [-0.15, -0.1) is 24.0 Å². The van der Waals surface area contributed by atoms with Gasteiger partial charge in [-0.2, -0.15) is 0 Å². The van der Waals surface area contributed by atoms with Gasteiger partial charge in [-0.25, -0.2) is 0 Å². The fourth-order valence-corrected chi connectivity index (χ4v) is 2.86. The third-order valence-electron chi connectivity index (χ3n) is 4.46. The topological polar surface area (TPSA) is 48.9 Å². The second kappa shape index (κ2) is 15.2. The van der Waals surface area contributed by atoms with E-state index in [-0.39, 0.29) is 24.0 Å². The summed E-state index contributed by atoms with van der Waals surface area (Å²) in [4.78, 5) is 6.87. The molecule has 1 aliphatic rings. The molecular formula is C18H39IN4O. The Bertz CT molecular complexity index is 326. The van der Waals surface area contributed by atoms with E-state index >= 15 is 0 Å². The number of hydrogen-bond acceptors (Lipinski definition) is 3. The van der Waals surface area contributed by atoms with Crippen LogP contribution >= 0.6 is 24.0 Å². The predicted octanol–water partition coefficient (Wildman–Crippen LogP) is 3.10. The molecule has 1 fully saturated rings. The largest absolute Gasteiger partial charge is 0.380 e. The second-order valence-electron chi connectivity index (χ2n) is 6.95. The molecule has 1 heterocycles. The van der Waals surface area contributed by atoms with Crippen LogP contribution in [0.3, 0.4) is 0 Å². The van der Waals surface area contributed by atoms with Crippen LogP contribution < -0.4 is 10.6 Å². The van der Waals surface area contributed by atoms with Gasteiger partial charge in [-0.3, -0.25) is 4.99 Å². The molecule has 5 nitrogen and oxygen atoms in total. The van der Waals surface area contributed by atoms with Crippen molar-refractivity contribution in [1.29, 1.82) is 0 Å². The van der Waals surface area contributed by atoms with E-state index in [0.717, 1.165) is 51.1 Å². The molecule has 1 rings (SSSR count). The lowest BCUT2D eigenvalue weighted by molar-refractivity contribution is 0.128. The molecule has 0 amide bonds. The van der Waals surface area contributed by atoms with Crippen LogP contribution in [0.15, 0.2) is 4.99 Å². The van der Waals surface area contributed by atoms with Crippen LogP contribution in [-0.4, -0.2) is 63.3 Å². The highest BCUT2D eigenvalue weighted by atomic mass is 127. The summed E-state index contributed by atoms with van der Waals surface area (Å²) in [5.74, 6) is 1.59. The zero-order valence-corrected chi connectivity index (χ0v) is 18.5. The van der Waals surface area contributed by atoms with Crippen LogP contribution in [0.2, 0.25) is 0 Å². The highest BCUT2D eigenvalue weighted by molar-refractivity contribution is 14.0. The Hall–Kier alpha value is -0.0800. The molecule has 1 atom stereocenters. The molecule has 1 unspecified atom stereocenters. The van der Waals surface area contributed by atoms with E-state index in [2.05, 4.69) is 41.3 Å². The summed E-state index contributed by atoms with van der Waals surface area (Å²) < 4.78 is 5.60. The van der Waals surface area contributed by atoms with Crippen LogP contribution in [0.1, 0.15) is 52.9 Å². The Kier molecular flexibility index (Phi) is 15.1. The first kappa shape index (κ1) is 23.9. The zero-order chi connectivity index (χ0) is 16.9. The molecule has 0 aromatic carbocycles. The van der Waals surface area contributed by atoms with Gasteiger partial charge < -0.3 is 20.3 Å². The fourth-order valence-electron chi connectivity index (χ4n) is 2.86. The van der Waals surface area contributed by atoms with Crippen molar-refractivity contribution in [2.45, 2.75) is 58.9 Å². The summed E-state index contributed by atoms with van der Waals surface area (Å²) in [6.45, 7) is 12.6. The van der Waals surface area contributed by atoms with Crippen LogP contribution in [0, 0.1) is 5.92 Å². The smallest absolute Gasteiger partial charge is 0.191 e. The minimum Gasteiger partial charge on any atom is -0.380 e.